The highest BCUT2D eigenvalue weighted by molar-refractivity contribution is 7.81. The number of hydrogen-bond acceptors (Lipinski definition) is 11. The van der Waals surface area contributed by atoms with Crippen molar-refractivity contribution in [3.05, 3.63) is 112 Å². The van der Waals surface area contributed by atoms with E-state index in [2.05, 4.69) is 20.6 Å². The summed E-state index contributed by atoms with van der Waals surface area (Å²) in [6, 6.07) is 16.5. The zero-order chi connectivity index (χ0) is 53.0. The number of nitrogens with zero attached hydrogens (tertiary/aromatic N) is 6. The molecule has 14 nitrogen and oxygen atoms in total. The molecule has 5 aromatic rings. The molecule has 0 aliphatic carbocycles. The molecule has 2 aromatic heterocycles. The Morgan fingerprint density at radius 2 is 1.73 bits per heavy atom. The molecule has 2 atom stereocenters. The predicted molar refractivity (Wildman–Crippen MR) is 268 cm³/mol. The number of aryl methyl sites for hydroxylation is 1. The molecular weight excluding hydrogens is 992 g/mol. The Labute approximate surface area is 428 Å². The highest BCUT2D eigenvalue weighted by Crippen LogP contribution is 2.42. The molecule has 384 valence electrons. The van der Waals surface area contributed by atoms with E-state index in [1.165, 1.54) is 55.3 Å². The Kier molecular flexibility index (Phi) is 16.3. The summed E-state index contributed by atoms with van der Waals surface area (Å²) in [6.07, 6.45) is -1.76. The molecule has 0 spiro atoms. The third-order valence-electron chi connectivity index (χ3n) is 12.5. The summed E-state index contributed by atoms with van der Waals surface area (Å²) < 4.78 is 83.6. The average molecular weight is 1050 g/mol. The molecule has 4 amide bonds. The first-order valence-electron chi connectivity index (χ1n) is 23.3. The summed E-state index contributed by atoms with van der Waals surface area (Å²) in [4.78, 5) is 67.3. The van der Waals surface area contributed by atoms with Crippen LogP contribution in [0.2, 0.25) is 0 Å². The van der Waals surface area contributed by atoms with Gasteiger partial charge in [0, 0.05) is 31.3 Å². The minimum atomic E-state index is -5.23. The van der Waals surface area contributed by atoms with Gasteiger partial charge in [0.25, 0.3) is 5.91 Å². The van der Waals surface area contributed by atoms with Gasteiger partial charge in [-0.1, -0.05) is 45.0 Å². The zero-order valence-corrected chi connectivity index (χ0v) is 42.5. The SMILES string of the molecule is Cc1ncsc1-c1ccc(CNC(=O)C2CCCN2C(=O)C(NC(=O)COCCCCOc2ccc(-c3ccc(N4C(=S)N(c5ccc(C#N)c(C(F)(F)F)c5F)C(=O)C4(C)C)cn3)c(F)c2)C(C)(C)C)cc1. The van der Waals surface area contributed by atoms with Gasteiger partial charge in [-0.25, -0.2) is 13.8 Å². The number of unbranched alkanes of at least 4 members (excludes halogenated alkanes) is 1. The number of rotatable bonds is 17. The first kappa shape index (κ1) is 53.9. The second-order valence-electron chi connectivity index (χ2n) is 19.1. The van der Waals surface area contributed by atoms with Crippen molar-refractivity contribution in [2.24, 2.45) is 5.41 Å². The van der Waals surface area contributed by atoms with Gasteiger partial charge in [0.05, 0.1) is 57.6 Å². The highest BCUT2D eigenvalue weighted by atomic mass is 32.1. The molecule has 21 heteroatoms. The molecule has 73 heavy (non-hydrogen) atoms. The van der Waals surface area contributed by atoms with Gasteiger partial charge in [0.1, 0.15) is 41.4 Å². The fourth-order valence-corrected chi connectivity index (χ4v) is 9.99. The fraction of sp³-hybridized carbons (Fsp3) is 0.385. The van der Waals surface area contributed by atoms with Gasteiger partial charge < -0.3 is 29.9 Å². The highest BCUT2D eigenvalue weighted by Gasteiger charge is 2.52. The molecule has 2 unspecified atom stereocenters. The molecule has 2 N–H and O–H groups in total. The number of hydrogen-bond donors (Lipinski definition) is 2. The van der Waals surface area contributed by atoms with Crippen LogP contribution in [0.15, 0.2) is 78.4 Å². The third kappa shape index (κ3) is 11.8. The van der Waals surface area contributed by atoms with E-state index in [0.717, 1.165) is 33.8 Å². The third-order valence-corrected chi connectivity index (χ3v) is 13.9. The van der Waals surface area contributed by atoms with Gasteiger partial charge in [0.15, 0.2) is 10.9 Å². The number of anilines is 2. The summed E-state index contributed by atoms with van der Waals surface area (Å²) in [6.45, 7) is 11.2. The van der Waals surface area contributed by atoms with E-state index in [9.17, 15) is 37.6 Å². The van der Waals surface area contributed by atoms with Gasteiger partial charge >= 0.3 is 6.18 Å². The lowest BCUT2D eigenvalue weighted by Gasteiger charge is -2.35. The summed E-state index contributed by atoms with van der Waals surface area (Å²) >= 11 is 7.07. The summed E-state index contributed by atoms with van der Waals surface area (Å²) in [7, 11) is 0. The number of thiocarbonyl (C=S) groups is 1. The van der Waals surface area contributed by atoms with Crippen LogP contribution in [0.5, 0.6) is 5.75 Å². The monoisotopic (exact) mass is 1040 g/mol. The lowest BCUT2D eigenvalue weighted by Crippen LogP contribution is -2.58. The van der Waals surface area contributed by atoms with E-state index >= 15 is 8.78 Å². The second-order valence-corrected chi connectivity index (χ2v) is 20.4. The lowest BCUT2D eigenvalue weighted by atomic mass is 9.85. The number of halogens is 5. The number of carbonyl (C=O) groups excluding carboxylic acids is 4. The summed E-state index contributed by atoms with van der Waals surface area (Å²) in [5.74, 6) is -4.13. The van der Waals surface area contributed by atoms with E-state index in [1.54, 1.807) is 22.3 Å². The van der Waals surface area contributed by atoms with E-state index < -0.39 is 69.5 Å². The molecule has 0 saturated carbocycles. The second kappa shape index (κ2) is 22.1. The Bertz CT molecular complexity index is 2940. The minimum Gasteiger partial charge on any atom is -0.493 e. The predicted octanol–water partition coefficient (Wildman–Crippen LogP) is 9.28. The number of likely N-dealkylation sites (tertiary alicyclic amines) is 1. The molecule has 0 radical (unpaired) electrons. The molecule has 4 heterocycles. The molecule has 2 aliphatic rings. The van der Waals surface area contributed by atoms with Crippen molar-refractivity contribution in [2.75, 3.05) is 36.2 Å². The van der Waals surface area contributed by atoms with Crippen molar-refractivity contribution in [3.8, 4) is 33.5 Å². The fourth-order valence-electron chi connectivity index (χ4n) is 8.66. The number of thiazole rings is 1. The van der Waals surface area contributed by atoms with Gasteiger partial charge in [-0.05, 0) is 112 Å². The van der Waals surface area contributed by atoms with E-state index in [4.69, 9.17) is 21.7 Å². The van der Waals surface area contributed by atoms with Crippen LogP contribution in [0.3, 0.4) is 0 Å². The maximum Gasteiger partial charge on any atom is 0.420 e. The Morgan fingerprint density at radius 3 is 2.36 bits per heavy atom. The van der Waals surface area contributed by atoms with Crippen LogP contribution < -0.4 is 25.2 Å². The van der Waals surface area contributed by atoms with Gasteiger partial charge in [-0.2, -0.15) is 18.4 Å². The van der Waals surface area contributed by atoms with Crippen molar-refractivity contribution in [1.82, 2.24) is 25.5 Å². The van der Waals surface area contributed by atoms with Crippen LogP contribution in [0.1, 0.15) is 82.7 Å². The van der Waals surface area contributed by atoms with Gasteiger partial charge in [0.2, 0.25) is 17.7 Å². The maximum absolute atomic E-state index is 15.4. The molecule has 7 rings (SSSR count). The average Bonchev–Trinajstić information content (AvgIpc) is 4.05. The molecular formula is C52H53F5N8O6S2. The quantitative estimate of drug-likeness (QED) is 0.0517. The number of pyridine rings is 1. The Hall–Kier alpha value is -6.89. The number of alkyl halides is 3. The topological polar surface area (TPSA) is 170 Å². The number of nitrogens with one attached hydrogen (secondary N) is 2. The molecule has 3 aromatic carbocycles. The molecule has 2 saturated heterocycles. The Morgan fingerprint density at radius 1 is 1.00 bits per heavy atom. The standard InChI is InChI=1S/C52H53F5N8O6S2/c1-30-44(73-29-61-30)32-13-11-31(12-14-32)26-60-46(67)40-10-9-21-63(40)47(68)45(50(2,3)4)62-41(66)28-70-22-7-8-23-71-35-17-18-36(37(53)24-35)38-19-16-34(27-59-38)65-49(72)64(48(69)51(65,5)6)39-20-15-33(25-58)42(43(39)54)52(55,56)57/h11-20,24,27,29,40,45H,7-10,21-23,26,28H2,1-6H3,(H,60,67)(H,62,66). The largest absolute Gasteiger partial charge is 0.493 e. The van der Waals surface area contributed by atoms with Crippen molar-refractivity contribution in [1.29, 1.82) is 5.26 Å². The van der Waals surface area contributed by atoms with Crippen LogP contribution in [-0.4, -0.2) is 87.6 Å². The molecule has 2 fully saturated rings. The van der Waals surface area contributed by atoms with E-state index in [-0.39, 0.29) is 59.4 Å². The number of ether oxygens (including phenoxy) is 2. The summed E-state index contributed by atoms with van der Waals surface area (Å²) in [5.41, 5.74) is -0.443. The van der Waals surface area contributed by atoms with Crippen LogP contribution in [0, 0.1) is 35.3 Å². The van der Waals surface area contributed by atoms with Crippen LogP contribution in [0.25, 0.3) is 21.7 Å². The molecule has 0 bridgehead atoms. The summed E-state index contributed by atoms with van der Waals surface area (Å²) in [5, 5.41) is 14.7. The van der Waals surface area contributed by atoms with Gasteiger partial charge in [-0.15, -0.1) is 11.3 Å². The van der Waals surface area contributed by atoms with Crippen molar-refractivity contribution < 1.29 is 50.6 Å². The normalized spacial score (nSPS) is 16.1. The van der Waals surface area contributed by atoms with Crippen molar-refractivity contribution in [2.45, 2.75) is 97.6 Å². The number of carbonyl (C=O) groups is 4. The minimum absolute atomic E-state index is 0.114. The first-order chi connectivity index (χ1) is 34.5. The number of nitriles is 1. The maximum atomic E-state index is 15.4. The number of amides is 4. The van der Waals surface area contributed by atoms with E-state index in [1.807, 2.05) is 57.5 Å². The van der Waals surface area contributed by atoms with Crippen LogP contribution in [0.4, 0.5) is 33.3 Å². The first-order valence-corrected chi connectivity index (χ1v) is 24.6. The zero-order valence-electron chi connectivity index (χ0n) is 40.9. The lowest BCUT2D eigenvalue weighted by molar-refractivity contribution is -0.144. The number of aromatic nitrogens is 2. The van der Waals surface area contributed by atoms with E-state index in [0.29, 0.717) is 43.7 Å². The van der Waals surface area contributed by atoms with Crippen molar-refractivity contribution in [3.63, 3.8) is 0 Å². The van der Waals surface area contributed by atoms with Crippen molar-refractivity contribution >= 4 is 63.7 Å². The molecule has 2 aliphatic heterocycles. The van der Waals surface area contributed by atoms with Crippen LogP contribution >= 0.6 is 23.6 Å². The number of benzene rings is 3. The Balaban J connectivity index is 0.854. The van der Waals surface area contributed by atoms with Gasteiger partial charge in [-0.3, -0.25) is 29.1 Å². The smallest absolute Gasteiger partial charge is 0.420 e. The van der Waals surface area contributed by atoms with Crippen LogP contribution in [-0.2, 0) is 36.6 Å².